The molecule has 5 nitrogen and oxygen atoms in total. The summed E-state index contributed by atoms with van der Waals surface area (Å²) in [5.41, 5.74) is 0.439. The molecule has 0 radical (unpaired) electrons. The summed E-state index contributed by atoms with van der Waals surface area (Å²) in [6.07, 6.45) is -2.78. The van der Waals surface area contributed by atoms with Gasteiger partial charge in [0.2, 0.25) is 5.95 Å². The van der Waals surface area contributed by atoms with Crippen molar-refractivity contribution in [3.63, 3.8) is 0 Å². The van der Waals surface area contributed by atoms with Crippen LogP contribution in [0.2, 0.25) is 10.2 Å². The Bertz CT molecular complexity index is 831. The molecule has 2 bridgehead atoms. The number of fused-ring (bicyclic) bond motifs is 2. The first-order chi connectivity index (χ1) is 12.3. The molecular weight excluding hydrogens is 390 g/mol. The number of benzene rings is 1. The Labute approximate surface area is 157 Å². The second kappa shape index (κ2) is 6.44. The molecule has 1 aromatic heterocycles. The first kappa shape index (κ1) is 17.6. The highest BCUT2D eigenvalue weighted by Gasteiger charge is 2.41. The number of alkyl halides is 3. The molecule has 0 saturated carbocycles. The highest BCUT2D eigenvalue weighted by Crippen LogP contribution is 2.38. The van der Waals surface area contributed by atoms with Crippen LogP contribution in [0.4, 0.5) is 30.5 Å². The lowest BCUT2D eigenvalue weighted by atomic mass is 9.88. The standard InChI is InChI=1S/C16H14Cl2F3N5/c17-12-4-8(26-9-3-10(26)6-22-5-9)1-2-13(12)24-15-23-7-11(14(18)25-15)16(19,20)21/h1-2,4,7,9-10,22H,3,5-6H2,(H,23,24,25). The molecule has 2 atom stereocenters. The van der Waals surface area contributed by atoms with Crippen LogP contribution in [-0.4, -0.2) is 35.1 Å². The van der Waals surface area contributed by atoms with Crippen LogP contribution in [0.3, 0.4) is 0 Å². The molecule has 0 aliphatic carbocycles. The molecule has 2 fully saturated rings. The average molecular weight is 404 g/mol. The van der Waals surface area contributed by atoms with Crippen molar-refractivity contribution in [1.82, 2.24) is 15.3 Å². The third-order valence-electron chi connectivity index (χ3n) is 4.64. The molecule has 3 heterocycles. The van der Waals surface area contributed by atoms with Crippen LogP contribution in [0.25, 0.3) is 0 Å². The van der Waals surface area contributed by atoms with E-state index in [1.165, 1.54) is 6.42 Å². The predicted octanol–water partition coefficient (Wildman–Crippen LogP) is 4.10. The molecule has 2 aromatic rings. The molecule has 26 heavy (non-hydrogen) atoms. The highest BCUT2D eigenvalue weighted by molar-refractivity contribution is 6.33. The van der Waals surface area contributed by atoms with Crippen LogP contribution in [0.15, 0.2) is 24.4 Å². The van der Waals surface area contributed by atoms with E-state index in [0.29, 0.717) is 29.0 Å². The van der Waals surface area contributed by atoms with Gasteiger partial charge in [0, 0.05) is 37.1 Å². The molecule has 0 spiro atoms. The fraction of sp³-hybridized carbons (Fsp3) is 0.375. The molecule has 2 aliphatic heterocycles. The molecule has 2 N–H and O–H groups in total. The number of nitrogens with zero attached hydrogens (tertiary/aromatic N) is 3. The van der Waals surface area contributed by atoms with Gasteiger partial charge < -0.3 is 15.5 Å². The zero-order valence-corrected chi connectivity index (χ0v) is 14.8. The van der Waals surface area contributed by atoms with E-state index in [1.54, 1.807) is 6.07 Å². The van der Waals surface area contributed by atoms with Crippen LogP contribution in [-0.2, 0) is 6.18 Å². The monoisotopic (exact) mass is 403 g/mol. The van der Waals surface area contributed by atoms with Crippen molar-refractivity contribution < 1.29 is 13.2 Å². The number of hydrogen-bond acceptors (Lipinski definition) is 5. The number of hydrogen-bond donors (Lipinski definition) is 2. The third-order valence-corrected chi connectivity index (χ3v) is 5.24. The second-order valence-corrected chi connectivity index (χ2v) is 7.06. The predicted molar refractivity (Wildman–Crippen MR) is 94.3 cm³/mol. The van der Waals surface area contributed by atoms with Gasteiger partial charge in [-0.15, -0.1) is 0 Å². The average Bonchev–Trinajstić information content (AvgIpc) is 2.57. The maximum absolute atomic E-state index is 12.7. The molecule has 1 aromatic carbocycles. The lowest BCUT2D eigenvalue weighted by molar-refractivity contribution is -0.137. The number of anilines is 3. The number of aromatic nitrogens is 2. The Hall–Kier alpha value is -1.77. The largest absolute Gasteiger partial charge is 0.420 e. The van der Waals surface area contributed by atoms with Gasteiger partial charge in [0.25, 0.3) is 0 Å². The number of nitrogens with one attached hydrogen (secondary N) is 2. The third kappa shape index (κ3) is 3.17. The van der Waals surface area contributed by atoms with E-state index in [9.17, 15) is 13.2 Å². The highest BCUT2D eigenvalue weighted by atomic mass is 35.5. The second-order valence-electron chi connectivity index (χ2n) is 6.29. The van der Waals surface area contributed by atoms with Gasteiger partial charge in [-0.05, 0) is 24.6 Å². The number of halogens is 5. The number of piperazine rings is 1. The smallest absolute Gasteiger partial charge is 0.363 e. The molecule has 10 heteroatoms. The van der Waals surface area contributed by atoms with Gasteiger partial charge in [0.1, 0.15) is 10.7 Å². The van der Waals surface area contributed by atoms with Crippen molar-refractivity contribution in [1.29, 1.82) is 0 Å². The zero-order chi connectivity index (χ0) is 18.5. The van der Waals surface area contributed by atoms with Gasteiger partial charge in [-0.3, -0.25) is 0 Å². The topological polar surface area (TPSA) is 53.1 Å². The first-order valence-electron chi connectivity index (χ1n) is 7.98. The van der Waals surface area contributed by atoms with Gasteiger partial charge in [-0.2, -0.15) is 13.2 Å². The van der Waals surface area contributed by atoms with E-state index < -0.39 is 16.9 Å². The Morgan fingerprint density at radius 1 is 1.19 bits per heavy atom. The van der Waals surface area contributed by atoms with Gasteiger partial charge in [0.15, 0.2) is 0 Å². The molecular formula is C16H14Cl2F3N5. The molecule has 2 aliphatic rings. The van der Waals surface area contributed by atoms with Crippen molar-refractivity contribution in [2.45, 2.75) is 24.7 Å². The molecule has 2 saturated heterocycles. The first-order valence-corrected chi connectivity index (χ1v) is 8.74. The summed E-state index contributed by atoms with van der Waals surface area (Å²) in [7, 11) is 0. The Balaban J connectivity index is 1.53. The van der Waals surface area contributed by atoms with E-state index in [1.807, 2.05) is 12.1 Å². The Kier molecular flexibility index (Phi) is 4.37. The maximum Gasteiger partial charge on any atom is 0.420 e. The van der Waals surface area contributed by atoms with Crippen molar-refractivity contribution in [3.8, 4) is 0 Å². The molecule has 2 unspecified atom stereocenters. The lowest BCUT2D eigenvalue weighted by Gasteiger charge is -2.54. The van der Waals surface area contributed by atoms with E-state index in [2.05, 4.69) is 25.5 Å². The summed E-state index contributed by atoms with van der Waals surface area (Å²) in [6, 6.07) is 6.46. The summed E-state index contributed by atoms with van der Waals surface area (Å²) < 4.78 is 38.1. The van der Waals surface area contributed by atoms with Crippen LogP contribution >= 0.6 is 23.2 Å². The zero-order valence-electron chi connectivity index (χ0n) is 13.3. The number of piperidine rings is 1. The summed E-state index contributed by atoms with van der Waals surface area (Å²) in [5, 5.41) is 5.94. The maximum atomic E-state index is 12.7. The lowest BCUT2D eigenvalue weighted by Crippen LogP contribution is -2.68. The molecule has 4 rings (SSSR count). The number of rotatable bonds is 3. The summed E-state index contributed by atoms with van der Waals surface area (Å²) in [4.78, 5) is 9.65. The normalized spacial score (nSPS) is 22.1. The molecule has 138 valence electrons. The van der Waals surface area contributed by atoms with E-state index in [0.717, 1.165) is 18.8 Å². The van der Waals surface area contributed by atoms with Crippen molar-refractivity contribution >= 4 is 40.5 Å². The van der Waals surface area contributed by atoms with E-state index in [4.69, 9.17) is 23.2 Å². The summed E-state index contributed by atoms with van der Waals surface area (Å²) >= 11 is 11.9. The SMILES string of the molecule is FC(F)(F)c1cnc(Nc2ccc(N3C4CNCC3C4)cc2Cl)nc1Cl. The van der Waals surface area contributed by atoms with Crippen LogP contribution in [0, 0.1) is 0 Å². The van der Waals surface area contributed by atoms with Crippen LogP contribution in [0.5, 0.6) is 0 Å². The minimum Gasteiger partial charge on any atom is -0.363 e. The van der Waals surface area contributed by atoms with Crippen LogP contribution in [0.1, 0.15) is 12.0 Å². The van der Waals surface area contributed by atoms with Crippen molar-refractivity contribution in [3.05, 3.63) is 40.1 Å². The van der Waals surface area contributed by atoms with Gasteiger partial charge in [-0.25, -0.2) is 9.97 Å². The van der Waals surface area contributed by atoms with E-state index in [-0.39, 0.29) is 5.95 Å². The van der Waals surface area contributed by atoms with Gasteiger partial charge in [0.05, 0.1) is 10.7 Å². The summed E-state index contributed by atoms with van der Waals surface area (Å²) in [6.45, 7) is 1.90. The van der Waals surface area contributed by atoms with Crippen molar-refractivity contribution in [2.24, 2.45) is 0 Å². The fourth-order valence-corrected chi connectivity index (χ4v) is 3.86. The van der Waals surface area contributed by atoms with Gasteiger partial charge >= 0.3 is 6.18 Å². The minimum atomic E-state index is -4.60. The molecule has 0 amide bonds. The van der Waals surface area contributed by atoms with E-state index >= 15 is 0 Å². The Morgan fingerprint density at radius 3 is 2.50 bits per heavy atom. The Morgan fingerprint density at radius 2 is 1.92 bits per heavy atom. The van der Waals surface area contributed by atoms with Crippen LogP contribution < -0.4 is 15.5 Å². The van der Waals surface area contributed by atoms with Crippen molar-refractivity contribution in [2.75, 3.05) is 23.3 Å². The quantitative estimate of drug-likeness (QED) is 0.755. The minimum absolute atomic E-state index is 0.0531. The van der Waals surface area contributed by atoms with Gasteiger partial charge in [-0.1, -0.05) is 23.2 Å². The fourth-order valence-electron chi connectivity index (χ4n) is 3.40. The summed E-state index contributed by atoms with van der Waals surface area (Å²) in [5.74, 6) is -0.0531.